The predicted molar refractivity (Wildman–Crippen MR) is 86.5 cm³/mol. The van der Waals surface area contributed by atoms with Crippen molar-refractivity contribution in [2.75, 3.05) is 39.4 Å². The summed E-state index contributed by atoms with van der Waals surface area (Å²) in [7, 11) is 0. The van der Waals surface area contributed by atoms with Gasteiger partial charge in [-0.05, 0) is 18.8 Å². The molecule has 1 saturated heterocycles. The van der Waals surface area contributed by atoms with Crippen LogP contribution < -0.4 is 5.69 Å². The van der Waals surface area contributed by atoms with E-state index in [4.69, 9.17) is 4.74 Å². The van der Waals surface area contributed by atoms with E-state index >= 15 is 0 Å². The summed E-state index contributed by atoms with van der Waals surface area (Å²) in [5.74, 6) is 1.49. The summed E-state index contributed by atoms with van der Waals surface area (Å²) < 4.78 is 8.65. The zero-order chi connectivity index (χ0) is 16.5. The first-order valence-corrected chi connectivity index (χ1v) is 8.95. The Hall–Kier alpha value is -1.67. The maximum atomic E-state index is 12.5. The minimum atomic E-state index is -0.0164. The second-order valence-corrected chi connectivity index (χ2v) is 7.00. The van der Waals surface area contributed by atoms with E-state index in [1.165, 1.54) is 12.8 Å². The third-order valence-electron chi connectivity index (χ3n) is 5.15. The molecule has 0 radical (unpaired) electrons. The Morgan fingerprint density at radius 1 is 1.17 bits per heavy atom. The summed E-state index contributed by atoms with van der Waals surface area (Å²) in [6.07, 6.45) is 2.91. The number of amides is 1. The van der Waals surface area contributed by atoms with E-state index in [-0.39, 0.29) is 11.6 Å². The van der Waals surface area contributed by atoms with Crippen molar-refractivity contribution >= 4 is 5.91 Å². The first-order valence-electron chi connectivity index (χ1n) is 8.95. The van der Waals surface area contributed by atoms with Gasteiger partial charge in [0.1, 0.15) is 0 Å². The zero-order valence-corrected chi connectivity index (χ0v) is 14.0. The van der Waals surface area contributed by atoms with Crippen LogP contribution in [0.15, 0.2) is 4.79 Å². The van der Waals surface area contributed by atoms with Crippen molar-refractivity contribution in [1.82, 2.24) is 24.1 Å². The summed E-state index contributed by atoms with van der Waals surface area (Å²) in [4.78, 5) is 28.9. The molecule has 24 heavy (non-hydrogen) atoms. The molecule has 0 bridgehead atoms. The van der Waals surface area contributed by atoms with Crippen LogP contribution in [0.4, 0.5) is 0 Å². The van der Waals surface area contributed by atoms with Gasteiger partial charge in [-0.25, -0.2) is 9.48 Å². The summed E-state index contributed by atoms with van der Waals surface area (Å²) >= 11 is 0. The Balaban J connectivity index is 1.34. The maximum absolute atomic E-state index is 12.5. The van der Waals surface area contributed by atoms with Crippen LogP contribution in [-0.2, 0) is 29.2 Å². The van der Waals surface area contributed by atoms with Gasteiger partial charge in [-0.3, -0.25) is 14.3 Å². The number of carbonyl (C=O) groups is 1. The summed E-state index contributed by atoms with van der Waals surface area (Å²) in [5.41, 5.74) is -0.0164. The molecule has 3 heterocycles. The van der Waals surface area contributed by atoms with Gasteiger partial charge in [0.25, 0.3) is 0 Å². The SMILES string of the molecule is O=C(CCN1CCOCC1)N1CCn2c(nn(CC3CC3)c2=O)C1. The molecular formula is C16H25N5O3. The van der Waals surface area contributed by atoms with Crippen LogP contribution in [0.2, 0.25) is 0 Å². The smallest absolute Gasteiger partial charge is 0.346 e. The Morgan fingerprint density at radius 2 is 1.96 bits per heavy atom. The quantitative estimate of drug-likeness (QED) is 0.727. The Bertz CT molecular complexity index is 657. The highest BCUT2D eigenvalue weighted by atomic mass is 16.5. The normalized spacial score (nSPS) is 21.8. The van der Waals surface area contributed by atoms with Gasteiger partial charge in [0.15, 0.2) is 5.82 Å². The molecule has 1 saturated carbocycles. The molecule has 0 atom stereocenters. The van der Waals surface area contributed by atoms with Crippen LogP contribution in [0.5, 0.6) is 0 Å². The molecule has 0 unspecified atom stereocenters. The molecule has 1 aliphatic carbocycles. The monoisotopic (exact) mass is 335 g/mol. The number of hydrogen-bond donors (Lipinski definition) is 0. The number of ether oxygens (including phenoxy) is 1. The van der Waals surface area contributed by atoms with Crippen LogP contribution in [0.25, 0.3) is 0 Å². The van der Waals surface area contributed by atoms with Gasteiger partial charge in [-0.2, -0.15) is 5.10 Å². The van der Waals surface area contributed by atoms with E-state index in [1.807, 2.05) is 4.90 Å². The van der Waals surface area contributed by atoms with Crippen molar-refractivity contribution in [3.05, 3.63) is 16.3 Å². The van der Waals surface area contributed by atoms with E-state index in [1.54, 1.807) is 9.25 Å². The van der Waals surface area contributed by atoms with Crippen molar-refractivity contribution in [2.45, 2.75) is 38.9 Å². The lowest BCUT2D eigenvalue weighted by Crippen LogP contribution is -2.43. The van der Waals surface area contributed by atoms with Gasteiger partial charge in [0.2, 0.25) is 5.91 Å². The van der Waals surface area contributed by atoms with Gasteiger partial charge >= 0.3 is 5.69 Å². The van der Waals surface area contributed by atoms with Crippen LogP contribution in [0, 0.1) is 5.92 Å². The van der Waals surface area contributed by atoms with E-state index in [2.05, 4.69) is 10.00 Å². The molecule has 1 aromatic rings. The van der Waals surface area contributed by atoms with Crippen LogP contribution in [0.3, 0.4) is 0 Å². The number of rotatable bonds is 5. The predicted octanol–water partition coefficient (Wildman–Crippen LogP) is -0.481. The van der Waals surface area contributed by atoms with Crippen LogP contribution in [-0.4, -0.2) is 69.4 Å². The third kappa shape index (κ3) is 3.39. The van der Waals surface area contributed by atoms with Gasteiger partial charge < -0.3 is 9.64 Å². The third-order valence-corrected chi connectivity index (χ3v) is 5.15. The first-order chi connectivity index (χ1) is 11.7. The highest BCUT2D eigenvalue weighted by Gasteiger charge is 2.28. The molecule has 8 nitrogen and oxygen atoms in total. The molecule has 2 aliphatic heterocycles. The largest absolute Gasteiger partial charge is 0.379 e. The molecule has 132 valence electrons. The molecule has 8 heteroatoms. The Morgan fingerprint density at radius 3 is 2.71 bits per heavy atom. The highest BCUT2D eigenvalue weighted by Crippen LogP contribution is 2.29. The molecular weight excluding hydrogens is 310 g/mol. The van der Waals surface area contributed by atoms with Gasteiger partial charge in [0, 0.05) is 45.7 Å². The Labute approximate surface area is 141 Å². The van der Waals surface area contributed by atoms with E-state index in [0.717, 1.165) is 45.2 Å². The first kappa shape index (κ1) is 15.8. The van der Waals surface area contributed by atoms with Crippen LogP contribution in [0.1, 0.15) is 25.1 Å². The molecule has 1 amide bonds. The second kappa shape index (κ2) is 6.68. The molecule has 0 N–H and O–H groups in total. The van der Waals surface area contributed by atoms with Gasteiger partial charge in [0.05, 0.1) is 19.8 Å². The summed E-state index contributed by atoms with van der Waals surface area (Å²) in [6, 6.07) is 0. The zero-order valence-electron chi connectivity index (χ0n) is 14.0. The number of hydrogen-bond acceptors (Lipinski definition) is 5. The van der Waals surface area contributed by atoms with Gasteiger partial charge in [-0.15, -0.1) is 0 Å². The van der Waals surface area contributed by atoms with E-state index in [0.29, 0.717) is 32.0 Å². The number of nitrogens with zero attached hydrogens (tertiary/aromatic N) is 5. The number of aromatic nitrogens is 3. The number of carbonyl (C=O) groups excluding carboxylic acids is 1. The molecule has 2 fully saturated rings. The van der Waals surface area contributed by atoms with E-state index in [9.17, 15) is 9.59 Å². The van der Waals surface area contributed by atoms with Crippen molar-refractivity contribution < 1.29 is 9.53 Å². The topological polar surface area (TPSA) is 72.6 Å². The molecule has 0 spiro atoms. The molecule has 4 rings (SSSR count). The number of fused-ring (bicyclic) bond motifs is 1. The Kier molecular flexibility index (Phi) is 4.41. The number of morpholine rings is 1. The summed E-state index contributed by atoms with van der Waals surface area (Å²) in [5, 5.41) is 4.46. The minimum Gasteiger partial charge on any atom is -0.379 e. The molecule has 0 aromatic carbocycles. The fourth-order valence-electron chi connectivity index (χ4n) is 3.41. The molecule has 1 aromatic heterocycles. The second-order valence-electron chi connectivity index (χ2n) is 7.00. The van der Waals surface area contributed by atoms with Gasteiger partial charge in [-0.1, -0.05) is 0 Å². The van der Waals surface area contributed by atoms with Crippen molar-refractivity contribution in [2.24, 2.45) is 5.92 Å². The molecule has 3 aliphatic rings. The fourth-order valence-corrected chi connectivity index (χ4v) is 3.41. The van der Waals surface area contributed by atoms with Crippen molar-refractivity contribution in [1.29, 1.82) is 0 Å². The average Bonchev–Trinajstić information content (AvgIpc) is 3.38. The highest BCUT2D eigenvalue weighted by molar-refractivity contribution is 5.76. The van der Waals surface area contributed by atoms with Crippen LogP contribution >= 0.6 is 0 Å². The fraction of sp³-hybridized carbons (Fsp3) is 0.812. The lowest BCUT2D eigenvalue weighted by molar-refractivity contribution is -0.133. The lowest BCUT2D eigenvalue weighted by atomic mass is 10.2. The average molecular weight is 335 g/mol. The van der Waals surface area contributed by atoms with Crippen molar-refractivity contribution in [3.8, 4) is 0 Å². The minimum absolute atomic E-state index is 0.0164. The standard InChI is InChI=1S/C16H25N5O3/c22-15(3-4-18-7-9-24-10-8-18)19-5-6-20-14(12-19)17-21(16(20)23)11-13-1-2-13/h13H,1-12H2. The summed E-state index contributed by atoms with van der Waals surface area (Å²) in [6.45, 7) is 6.42. The lowest BCUT2D eigenvalue weighted by Gasteiger charge is -2.29. The van der Waals surface area contributed by atoms with Crippen molar-refractivity contribution in [3.63, 3.8) is 0 Å². The maximum Gasteiger partial charge on any atom is 0.346 e. The van der Waals surface area contributed by atoms with E-state index < -0.39 is 0 Å².